The molecule has 9 nitrogen and oxygen atoms in total. The van der Waals surface area contributed by atoms with E-state index in [4.69, 9.17) is 9.47 Å². The molecule has 182 valence electrons. The van der Waals surface area contributed by atoms with E-state index in [1.165, 1.54) is 25.3 Å². The summed E-state index contributed by atoms with van der Waals surface area (Å²) in [5, 5.41) is 4.94. The van der Waals surface area contributed by atoms with Gasteiger partial charge < -0.3 is 14.8 Å². The lowest BCUT2D eigenvalue weighted by atomic mass is 10.1. The summed E-state index contributed by atoms with van der Waals surface area (Å²) in [7, 11) is 1.50. The Morgan fingerprint density at radius 1 is 1.00 bits per heavy atom. The van der Waals surface area contributed by atoms with Crippen molar-refractivity contribution in [1.29, 1.82) is 0 Å². The summed E-state index contributed by atoms with van der Waals surface area (Å²) >= 11 is 0. The minimum Gasteiger partial charge on any atom is -0.497 e. The maximum atomic E-state index is 13.2. The normalized spacial score (nSPS) is 14.4. The topological polar surface area (TPSA) is 114 Å². The third-order valence-corrected chi connectivity index (χ3v) is 5.31. The molecule has 0 radical (unpaired) electrons. The van der Waals surface area contributed by atoms with Crippen molar-refractivity contribution in [3.8, 4) is 11.5 Å². The Balaban J connectivity index is 1.54. The number of barbiturate groups is 1. The highest BCUT2D eigenvalue weighted by atomic mass is 16.5. The predicted molar refractivity (Wildman–Crippen MR) is 134 cm³/mol. The second-order valence-corrected chi connectivity index (χ2v) is 7.90. The minimum absolute atomic E-state index is 0.259. The van der Waals surface area contributed by atoms with E-state index >= 15 is 0 Å². The molecule has 3 aromatic rings. The zero-order valence-corrected chi connectivity index (χ0v) is 19.6. The number of methoxy groups -OCH3 is 1. The van der Waals surface area contributed by atoms with Gasteiger partial charge in [-0.3, -0.25) is 19.7 Å². The summed E-state index contributed by atoms with van der Waals surface area (Å²) in [6.07, 6.45) is 1.33. The number of urea groups is 1. The van der Waals surface area contributed by atoms with Crippen molar-refractivity contribution < 1.29 is 28.7 Å². The summed E-state index contributed by atoms with van der Waals surface area (Å²) in [4.78, 5) is 51.3. The minimum atomic E-state index is -0.857. The van der Waals surface area contributed by atoms with Crippen LogP contribution in [0.25, 0.3) is 6.08 Å². The monoisotopic (exact) mass is 485 g/mol. The highest BCUT2D eigenvalue weighted by Gasteiger charge is 2.37. The van der Waals surface area contributed by atoms with E-state index in [9.17, 15) is 19.2 Å². The Morgan fingerprint density at radius 2 is 1.75 bits per heavy atom. The van der Waals surface area contributed by atoms with E-state index in [1.54, 1.807) is 42.5 Å². The van der Waals surface area contributed by atoms with Crippen molar-refractivity contribution in [3.63, 3.8) is 0 Å². The summed E-state index contributed by atoms with van der Waals surface area (Å²) < 4.78 is 10.8. The number of hydrogen-bond donors (Lipinski definition) is 2. The van der Waals surface area contributed by atoms with Crippen LogP contribution >= 0.6 is 0 Å². The van der Waals surface area contributed by atoms with Crippen LogP contribution in [0.3, 0.4) is 0 Å². The van der Waals surface area contributed by atoms with Gasteiger partial charge in [0.2, 0.25) is 0 Å². The van der Waals surface area contributed by atoms with Crippen LogP contribution in [0.1, 0.15) is 11.1 Å². The van der Waals surface area contributed by atoms with Crippen molar-refractivity contribution in [2.24, 2.45) is 0 Å². The Morgan fingerprint density at radius 3 is 2.47 bits per heavy atom. The van der Waals surface area contributed by atoms with Crippen LogP contribution in [0.4, 0.5) is 16.2 Å². The fraction of sp³-hybridized carbons (Fsp3) is 0.111. The first-order valence-electron chi connectivity index (χ1n) is 11.0. The summed E-state index contributed by atoms with van der Waals surface area (Å²) in [5.74, 6) is -1.15. The Hall–Kier alpha value is -4.92. The van der Waals surface area contributed by atoms with E-state index in [0.717, 1.165) is 10.5 Å². The maximum absolute atomic E-state index is 13.2. The van der Waals surface area contributed by atoms with Gasteiger partial charge in [-0.2, -0.15) is 0 Å². The van der Waals surface area contributed by atoms with Gasteiger partial charge in [-0.25, -0.2) is 9.69 Å². The molecule has 36 heavy (non-hydrogen) atoms. The first kappa shape index (κ1) is 24.2. The summed E-state index contributed by atoms with van der Waals surface area (Å²) in [6, 6.07) is 19.4. The number of aryl methyl sites for hydroxylation is 1. The molecule has 1 aliphatic rings. The number of nitrogens with one attached hydrogen (secondary N) is 2. The second kappa shape index (κ2) is 10.6. The molecule has 9 heteroatoms. The molecule has 0 atom stereocenters. The van der Waals surface area contributed by atoms with Gasteiger partial charge in [0, 0.05) is 11.3 Å². The lowest BCUT2D eigenvalue weighted by Crippen LogP contribution is -2.54. The van der Waals surface area contributed by atoms with Gasteiger partial charge in [0.15, 0.2) is 6.61 Å². The number of carbonyl (C=O) groups is 4. The summed E-state index contributed by atoms with van der Waals surface area (Å²) in [5.41, 5.74) is 2.05. The van der Waals surface area contributed by atoms with Gasteiger partial charge in [0.05, 0.1) is 12.8 Å². The van der Waals surface area contributed by atoms with Crippen LogP contribution in [0.2, 0.25) is 0 Å². The molecule has 1 aliphatic heterocycles. The van der Waals surface area contributed by atoms with Gasteiger partial charge in [0.1, 0.15) is 17.1 Å². The van der Waals surface area contributed by atoms with Crippen LogP contribution in [-0.4, -0.2) is 37.5 Å². The van der Waals surface area contributed by atoms with Gasteiger partial charge in [0.25, 0.3) is 17.7 Å². The first-order chi connectivity index (χ1) is 17.4. The number of para-hydroxylation sites is 1. The molecular weight excluding hydrogens is 462 g/mol. The third kappa shape index (κ3) is 5.41. The fourth-order valence-corrected chi connectivity index (χ4v) is 3.57. The number of benzene rings is 3. The number of anilines is 2. The van der Waals surface area contributed by atoms with Gasteiger partial charge in [-0.05, 0) is 61.0 Å². The summed E-state index contributed by atoms with van der Waals surface area (Å²) in [6.45, 7) is 1.63. The van der Waals surface area contributed by atoms with Crippen LogP contribution < -0.4 is 25.0 Å². The lowest BCUT2D eigenvalue weighted by Gasteiger charge is -2.26. The number of nitrogens with zero attached hydrogens (tertiary/aromatic N) is 1. The number of hydrogen-bond acceptors (Lipinski definition) is 6. The average molecular weight is 485 g/mol. The highest BCUT2D eigenvalue weighted by molar-refractivity contribution is 6.39. The molecule has 2 N–H and O–H groups in total. The molecule has 1 fully saturated rings. The third-order valence-electron chi connectivity index (χ3n) is 5.31. The predicted octanol–water partition coefficient (Wildman–Crippen LogP) is 3.69. The van der Waals surface area contributed by atoms with Gasteiger partial charge in [-0.15, -0.1) is 0 Å². The van der Waals surface area contributed by atoms with Crippen molar-refractivity contribution in [3.05, 3.63) is 89.5 Å². The average Bonchev–Trinajstić information content (AvgIpc) is 2.86. The van der Waals surface area contributed by atoms with E-state index in [2.05, 4.69) is 10.6 Å². The molecule has 0 bridgehead atoms. The molecule has 0 spiro atoms. The Labute approximate surface area is 207 Å². The van der Waals surface area contributed by atoms with Crippen molar-refractivity contribution in [2.45, 2.75) is 6.92 Å². The highest BCUT2D eigenvalue weighted by Crippen LogP contribution is 2.26. The molecule has 0 saturated carbocycles. The SMILES string of the molecule is COc1ccc(N2C(=O)NC(=O)/C(=C/c3ccccc3OCC(=O)Nc3cccc(C)c3)C2=O)cc1. The van der Waals surface area contributed by atoms with E-state index in [-0.39, 0.29) is 29.5 Å². The lowest BCUT2D eigenvalue weighted by molar-refractivity contribution is -0.122. The molecule has 0 aromatic heterocycles. The van der Waals surface area contributed by atoms with Crippen molar-refractivity contribution in [1.82, 2.24) is 5.32 Å². The van der Waals surface area contributed by atoms with Crippen molar-refractivity contribution in [2.75, 3.05) is 23.9 Å². The van der Waals surface area contributed by atoms with E-state index < -0.39 is 17.8 Å². The van der Waals surface area contributed by atoms with Crippen LogP contribution in [0, 0.1) is 6.92 Å². The first-order valence-corrected chi connectivity index (χ1v) is 11.0. The number of ether oxygens (including phenoxy) is 2. The molecule has 5 amide bonds. The molecule has 1 heterocycles. The van der Waals surface area contributed by atoms with Crippen molar-refractivity contribution >= 4 is 41.2 Å². The zero-order valence-electron chi connectivity index (χ0n) is 19.6. The number of rotatable bonds is 7. The molecule has 0 unspecified atom stereocenters. The standard InChI is InChI=1S/C27H23N3O6/c1-17-6-5-8-19(14-17)28-24(31)16-36-23-9-4-3-7-18(23)15-22-25(32)29-27(34)30(26(22)33)20-10-12-21(35-2)13-11-20/h3-15H,16H2,1-2H3,(H,28,31)(H,29,32,34)/b22-15-. The zero-order chi connectivity index (χ0) is 25.7. The molecular formula is C27H23N3O6. The molecule has 0 aliphatic carbocycles. The fourth-order valence-electron chi connectivity index (χ4n) is 3.57. The molecule has 1 saturated heterocycles. The largest absolute Gasteiger partial charge is 0.497 e. The smallest absolute Gasteiger partial charge is 0.335 e. The number of carbonyl (C=O) groups excluding carboxylic acids is 4. The number of imide groups is 2. The van der Waals surface area contributed by atoms with E-state index in [1.807, 2.05) is 25.1 Å². The quantitative estimate of drug-likeness (QED) is 0.390. The van der Waals surface area contributed by atoms with Crippen LogP contribution in [0.5, 0.6) is 11.5 Å². The van der Waals surface area contributed by atoms with Crippen LogP contribution in [-0.2, 0) is 14.4 Å². The van der Waals surface area contributed by atoms with E-state index in [0.29, 0.717) is 17.0 Å². The molecule has 4 rings (SSSR count). The Kier molecular flexibility index (Phi) is 7.10. The molecule has 3 aromatic carbocycles. The number of amides is 5. The van der Waals surface area contributed by atoms with Gasteiger partial charge >= 0.3 is 6.03 Å². The Bertz CT molecular complexity index is 1360. The van der Waals surface area contributed by atoms with Gasteiger partial charge in [-0.1, -0.05) is 30.3 Å². The second-order valence-electron chi connectivity index (χ2n) is 7.90. The maximum Gasteiger partial charge on any atom is 0.335 e. The van der Waals surface area contributed by atoms with Crippen LogP contribution in [0.15, 0.2) is 78.4 Å².